The average molecular weight is 468 g/mol. The van der Waals surface area contributed by atoms with Gasteiger partial charge in [0.1, 0.15) is 5.75 Å². The van der Waals surface area contributed by atoms with Gasteiger partial charge in [0.15, 0.2) is 15.0 Å². The minimum Gasteiger partial charge on any atom is -0.497 e. The van der Waals surface area contributed by atoms with Crippen LogP contribution in [0.15, 0.2) is 71.8 Å². The lowest BCUT2D eigenvalue weighted by Gasteiger charge is -2.19. The van der Waals surface area contributed by atoms with E-state index in [1.165, 1.54) is 23.5 Å². The summed E-state index contributed by atoms with van der Waals surface area (Å²) in [6.45, 7) is 0.276. The van der Waals surface area contributed by atoms with Crippen LogP contribution in [0.25, 0.3) is 10.2 Å². The minimum absolute atomic E-state index is 0.107. The molecule has 0 spiro atoms. The molecule has 164 valence electrons. The highest BCUT2D eigenvalue weighted by Gasteiger charge is 2.21. The summed E-state index contributed by atoms with van der Waals surface area (Å²) < 4.78 is 29.6. The standard InChI is InChI=1S/C23H21N3O4S2/c1-30-18-8-11-21-20(14-18)25-23(31-21)26(15-17-5-3-4-12-24-17)22(27)13-16-6-9-19(10-7-16)32(2,28)29/h3-12,14H,13,15H2,1-2H3. The number of carbonyl (C=O) groups excluding carboxylic acids is 1. The molecule has 4 rings (SSSR count). The van der Waals surface area contributed by atoms with Crippen LogP contribution in [0.2, 0.25) is 0 Å². The maximum Gasteiger partial charge on any atom is 0.233 e. The fourth-order valence-electron chi connectivity index (χ4n) is 3.18. The minimum atomic E-state index is -3.29. The fourth-order valence-corrected chi connectivity index (χ4v) is 4.77. The molecule has 7 nitrogen and oxygen atoms in total. The van der Waals surface area contributed by atoms with Crippen molar-refractivity contribution in [3.63, 3.8) is 0 Å². The maximum absolute atomic E-state index is 13.3. The molecule has 0 aliphatic heterocycles. The Morgan fingerprint density at radius 1 is 1.09 bits per heavy atom. The molecule has 2 aromatic carbocycles. The Labute approximate surface area is 190 Å². The highest BCUT2D eigenvalue weighted by Crippen LogP contribution is 2.32. The smallest absolute Gasteiger partial charge is 0.233 e. The van der Waals surface area contributed by atoms with E-state index in [2.05, 4.69) is 9.97 Å². The molecule has 0 radical (unpaired) electrons. The number of carbonyl (C=O) groups is 1. The monoisotopic (exact) mass is 467 g/mol. The van der Waals surface area contributed by atoms with Gasteiger partial charge in [0.2, 0.25) is 5.91 Å². The van der Waals surface area contributed by atoms with E-state index >= 15 is 0 Å². The predicted molar refractivity (Wildman–Crippen MR) is 125 cm³/mol. The zero-order chi connectivity index (χ0) is 22.7. The predicted octanol–water partition coefficient (Wildman–Crippen LogP) is 3.88. The van der Waals surface area contributed by atoms with E-state index in [1.54, 1.807) is 30.3 Å². The molecule has 0 fully saturated rings. The van der Waals surface area contributed by atoms with Gasteiger partial charge in [-0.25, -0.2) is 13.4 Å². The van der Waals surface area contributed by atoms with Crippen molar-refractivity contribution in [2.24, 2.45) is 0 Å². The van der Waals surface area contributed by atoms with Crippen LogP contribution in [0.5, 0.6) is 5.75 Å². The molecule has 0 unspecified atom stereocenters. The van der Waals surface area contributed by atoms with E-state index in [0.29, 0.717) is 10.9 Å². The molecule has 1 amide bonds. The number of rotatable bonds is 7. The zero-order valence-corrected chi connectivity index (χ0v) is 19.2. The van der Waals surface area contributed by atoms with Crippen molar-refractivity contribution in [1.82, 2.24) is 9.97 Å². The lowest BCUT2D eigenvalue weighted by molar-refractivity contribution is -0.118. The molecule has 0 aliphatic rings. The van der Waals surface area contributed by atoms with Crippen LogP contribution < -0.4 is 9.64 Å². The molecule has 2 heterocycles. The Morgan fingerprint density at radius 2 is 1.88 bits per heavy atom. The third-order valence-corrected chi connectivity index (χ3v) is 7.06. The van der Waals surface area contributed by atoms with E-state index in [-0.39, 0.29) is 23.8 Å². The highest BCUT2D eigenvalue weighted by atomic mass is 32.2. The second-order valence-electron chi connectivity index (χ2n) is 7.22. The van der Waals surface area contributed by atoms with Gasteiger partial charge in [-0.3, -0.25) is 14.7 Å². The van der Waals surface area contributed by atoms with Gasteiger partial charge < -0.3 is 4.74 Å². The van der Waals surface area contributed by atoms with Gasteiger partial charge >= 0.3 is 0 Å². The van der Waals surface area contributed by atoms with Crippen LogP contribution in [0.3, 0.4) is 0 Å². The Balaban J connectivity index is 1.65. The lowest BCUT2D eigenvalue weighted by Crippen LogP contribution is -2.32. The Hall–Kier alpha value is -3.30. The summed E-state index contributed by atoms with van der Waals surface area (Å²) in [6.07, 6.45) is 2.95. The van der Waals surface area contributed by atoms with E-state index in [4.69, 9.17) is 4.74 Å². The van der Waals surface area contributed by atoms with Crippen molar-refractivity contribution in [2.45, 2.75) is 17.9 Å². The number of hydrogen-bond donors (Lipinski definition) is 0. The van der Waals surface area contributed by atoms with E-state index in [0.717, 1.165) is 27.7 Å². The van der Waals surface area contributed by atoms with Gasteiger partial charge in [-0.05, 0) is 42.0 Å². The second-order valence-corrected chi connectivity index (χ2v) is 10.2. The van der Waals surface area contributed by atoms with Crippen LogP contribution in [0, 0.1) is 0 Å². The largest absolute Gasteiger partial charge is 0.497 e. The molecule has 0 saturated heterocycles. The van der Waals surface area contributed by atoms with E-state index in [9.17, 15) is 13.2 Å². The summed E-state index contributed by atoms with van der Waals surface area (Å²) in [7, 11) is -1.69. The van der Waals surface area contributed by atoms with Crippen LogP contribution in [0.1, 0.15) is 11.3 Å². The summed E-state index contributed by atoms with van der Waals surface area (Å²) in [6, 6.07) is 17.5. The van der Waals surface area contributed by atoms with Crippen LogP contribution >= 0.6 is 11.3 Å². The topological polar surface area (TPSA) is 89.5 Å². The van der Waals surface area contributed by atoms with Crippen molar-refractivity contribution in [2.75, 3.05) is 18.3 Å². The van der Waals surface area contributed by atoms with Crippen LogP contribution in [0.4, 0.5) is 5.13 Å². The van der Waals surface area contributed by atoms with E-state index < -0.39 is 9.84 Å². The van der Waals surface area contributed by atoms with Gasteiger partial charge in [-0.2, -0.15) is 0 Å². The molecule has 9 heteroatoms. The summed E-state index contributed by atoms with van der Waals surface area (Å²) in [4.78, 5) is 24.2. The summed E-state index contributed by atoms with van der Waals surface area (Å²) in [5.41, 5.74) is 2.21. The number of nitrogens with zero attached hydrogens (tertiary/aromatic N) is 3. The first-order valence-electron chi connectivity index (χ1n) is 9.77. The molecule has 4 aromatic rings. The summed E-state index contributed by atoms with van der Waals surface area (Å²) in [5.74, 6) is 0.539. The number of amides is 1. The molecule has 32 heavy (non-hydrogen) atoms. The Morgan fingerprint density at radius 3 is 2.53 bits per heavy atom. The molecule has 2 aromatic heterocycles. The first-order valence-corrected chi connectivity index (χ1v) is 12.5. The number of benzene rings is 2. The number of anilines is 1. The molecule has 0 atom stereocenters. The maximum atomic E-state index is 13.3. The number of ether oxygens (including phenoxy) is 1. The molecule has 0 saturated carbocycles. The molecular weight excluding hydrogens is 446 g/mol. The van der Waals surface area contributed by atoms with E-state index in [1.807, 2.05) is 36.4 Å². The first-order chi connectivity index (χ1) is 15.3. The third kappa shape index (κ3) is 4.95. The fraction of sp³-hybridized carbons (Fsp3) is 0.174. The van der Waals surface area contributed by atoms with Gasteiger partial charge in [0.25, 0.3) is 0 Å². The quantitative estimate of drug-likeness (QED) is 0.410. The van der Waals surface area contributed by atoms with Crippen LogP contribution in [-0.2, 0) is 27.6 Å². The first kappa shape index (κ1) is 21.9. The normalized spacial score (nSPS) is 11.4. The SMILES string of the molecule is COc1ccc2sc(N(Cc3ccccn3)C(=O)Cc3ccc(S(C)(=O)=O)cc3)nc2c1. The number of thiazole rings is 1. The third-order valence-electron chi connectivity index (χ3n) is 4.87. The van der Waals surface area contributed by atoms with Crippen molar-refractivity contribution in [3.05, 3.63) is 78.1 Å². The number of pyridine rings is 1. The Bertz CT molecular complexity index is 1350. The summed E-state index contributed by atoms with van der Waals surface area (Å²) >= 11 is 1.42. The van der Waals surface area contributed by atoms with Crippen molar-refractivity contribution >= 4 is 42.4 Å². The van der Waals surface area contributed by atoms with Crippen molar-refractivity contribution < 1.29 is 17.9 Å². The number of sulfone groups is 1. The number of aromatic nitrogens is 2. The lowest BCUT2D eigenvalue weighted by atomic mass is 10.1. The number of fused-ring (bicyclic) bond motifs is 1. The number of hydrogen-bond acceptors (Lipinski definition) is 7. The molecular formula is C23H21N3O4S2. The van der Waals surface area contributed by atoms with Gasteiger partial charge in [0.05, 0.1) is 40.9 Å². The second kappa shape index (κ2) is 9.05. The molecule has 0 N–H and O–H groups in total. The van der Waals surface area contributed by atoms with Crippen molar-refractivity contribution in [3.8, 4) is 5.75 Å². The number of methoxy groups -OCH3 is 1. The molecule has 0 aliphatic carbocycles. The Kier molecular flexibility index (Phi) is 6.20. The van der Waals surface area contributed by atoms with Gasteiger partial charge in [-0.15, -0.1) is 0 Å². The van der Waals surface area contributed by atoms with Gasteiger partial charge in [-0.1, -0.05) is 29.5 Å². The highest BCUT2D eigenvalue weighted by molar-refractivity contribution is 7.90. The van der Waals surface area contributed by atoms with Gasteiger partial charge in [0, 0.05) is 18.5 Å². The summed E-state index contributed by atoms with van der Waals surface area (Å²) in [5, 5.41) is 0.566. The average Bonchev–Trinajstić information content (AvgIpc) is 3.20. The van der Waals surface area contributed by atoms with Crippen molar-refractivity contribution in [1.29, 1.82) is 0 Å². The zero-order valence-electron chi connectivity index (χ0n) is 17.6. The van der Waals surface area contributed by atoms with Crippen LogP contribution in [-0.4, -0.2) is 37.7 Å². The molecule has 0 bridgehead atoms.